The first kappa shape index (κ1) is 17.0. The maximum Gasteiger partial charge on any atom is 0.331 e. The van der Waals surface area contributed by atoms with Crippen molar-refractivity contribution in [2.75, 3.05) is 13.7 Å². The number of esters is 1. The van der Waals surface area contributed by atoms with Crippen LogP contribution in [0.25, 0.3) is 6.08 Å². The fourth-order valence-corrected chi connectivity index (χ4v) is 2.05. The maximum atomic E-state index is 11.9. The molecule has 0 N–H and O–H groups in total. The molecule has 2 aromatic carbocycles. The lowest BCUT2D eigenvalue weighted by molar-refractivity contribution is -0.136. The summed E-state index contributed by atoms with van der Waals surface area (Å²) in [6.07, 6.45) is 2.91. The molecule has 0 unspecified atom stereocenters. The number of methoxy groups -OCH3 is 1. The minimum Gasteiger partial charge on any atom is -0.497 e. The van der Waals surface area contributed by atoms with Crippen LogP contribution in [0, 0.1) is 0 Å². The van der Waals surface area contributed by atoms with Gasteiger partial charge in [-0.2, -0.15) is 0 Å². The smallest absolute Gasteiger partial charge is 0.331 e. The van der Waals surface area contributed by atoms with Gasteiger partial charge in [0.05, 0.1) is 7.11 Å². The summed E-state index contributed by atoms with van der Waals surface area (Å²) >= 11 is 3.29. The van der Waals surface area contributed by atoms with Gasteiger partial charge in [0.25, 0.3) is 0 Å². The predicted molar refractivity (Wildman–Crippen MR) is 91.5 cm³/mol. The highest BCUT2D eigenvalue weighted by atomic mass is 79.9. The molecule has 0 aliphatic carbocycles. The topological polar surface area (TPSA) is 52.6 Å². The second-order valence-corrected chi connectivity index (χ2v) is 5.56. The van der Waals surface area contributed by atoms with Crippen LogP contribution < -0.4 is 4.74 Å². The Kier molecular flexibility index (Phi) is 6.11. The molecule has 0 amide bonds. The van der Waals surface area contributed by atoms with Crippen LogP contribution in [0.4, 0.5) is 0 Å². The summed E-state index contributed by atoms with van der Waals surface area (Å²) in [6.45, 7) is -0.284. The lowest BCUT2D eigenvalue weighted by Crippen LogP contribution is -2.12. The number of halogens is 1. The number of benzene rings is 2. The van der Waals surface area contributed by atoms with Crippen LogP contribution in [0.3, 0.4) is 0 Å². The Morgan fingerprint density at radius 3 is 2.30 bits per heavy atom. The molecule has 2 rings (SSSR count). The van der Waals surface area contributed by atoms with E-state index in [1.165, 1.54) is 6.08 Å². The summed E-state index contributed by atoms with van der Waals surface area (Å²) in [5.74, 6) is -0.0696. The van der Waals surface area contributed by atoms with E-state index >= 15 is 0 Å². The van der Waals surface area contributed by atoms with Crippen molar-refractivity contribution in [3.63, 3.8) is 0 Å². The molecule has 118 valence electrons. The summed E-state index contributed by atoms with van der Waals surface area (Å²) < 4.78 is 10.9. The van der Waals surface area contributed by atoms with Crippen molar-refractivity contribution < 1.29 is 19.1 Å². The second-order valence-electron chi connectivity index (χ2n) is 4.64. The molecule has 23 heavy (non-hydrogen) atoms. The van der Waals surface area contributed by atoms with Crippen LogP contribution >= 0.6 is 15.9 Å². The molecule has 4 nitrogen and oxygen atoms in total. The van der Waals surface area contributed by atoms with Crippen LogP contribution in [0.2, 0.25) is 0 Å². The lowest BCUT2D eigenvalue weighted by atomic mass is 10.1. The van der Waals surface area contributed by atoms with E-state index in [-0.39, 0.29) is 12.4 Å². The zero-order valence-corrected chi connectivity index (χ0v) is 14.1. The minimum absolute atomic E-state index is 0.247. The Hall–Kier alpha value is -2.40. The molecule has 0 heterocycles. The van der Waals surface area contributed by atoms with Gasteiger partial charge < -0.3 is 9.47 Å². The van der Waals surface area contributed by atoms with Crippen molar-refractivity contribution >= 4 is 33.8 Å². The van der Waals surface area contributed by atoms with E-state index in [0.717, 1.165) is 15.8 Å². The molecule has 0 atom stereocenters. The van der Waals surface area contributed by atoms with Gasteiger partial charge in [0.2, 0.25) is 0 Å². The highest BCUT2D eigenvalue weighted by molar-refractivity contribution is 9.10. The Balaban J connectivity index is 1.85. The molecule has 0 saturated carbocycles. The zero-order valence-electron chi connectivity index (χ0n) is 12.5. The maximum absolute atomic E-state index is 11.9. The largest absolute Gasteiger partial charge is 0.497 e. The van der Waals surface area contributed by atoms with E-state index in [0.29, 0.717) is 5.56 Å². The van der Waals surface area contributed by atoms with E-state index < -0.39 is 5.97 Å². The summed E-state index contributed by atoms with van der Waals surface area (Å²) in [7, 11) is 1.59. The summed E-state index contributed by atoms with van der Waals surface area (Å²) in [6, 6.07) is 14.1. The van der Waals surface area contributed by atoms with E-state index in [2.05, 4.69) is 15.9 Å². The zero-order chi connectivity index (χ0) is 16.7. The van der Waals surface area contributed by atoms with Gasteiger partial charge >= 0.3 is 5.97 Å². The number of hydrogen-bond donors (Lipinski definition) is 0. The third-order valence-electron chi connectivity index (χ3n) is 3.04. The van der Waals surface area contributed by atoms with Crippen molar-refractivity contribution in [1.82, 2.24) is 0 Å². The van der Waals surface area contributed by atoms with Crippen LogP contribution in [0.1, 0.15) is 15.9 Å². The molecular weight excluding hydrogens is 360 g/mol. The second kappa shape index (κ2) is 8.29. The first-order valence-corrected chi connectivity index (χ1v) is 7.65. The molecule has 0 spiro atoms. The summed E-state index contributed by atoms with van der Waals surface area (Å²) in [4.78, 5) is 23.5. The van der Waals surface area contributed by atoms with Crippen LogP contribution in [-0.4, -0.2) is 25.5 Å². The van der Waals surface area contributed by atoms with Crippen LogP contribution in [0.15, 0.2) is 59.1 Å². The van der Waals surface area contributed by atoms with Crippen molar-refractivity contribution in [2.45, 2.75) is 0 Å². The van der Waals surface area contributed by atoms with Crippen molar-refractivity contribution in [2.24, 2.45) is 0 Å². The number of carbonyl (C=O) groups is 2. The van der Waals surface area contributed by atoms with E-state index in [4.69, 9.17) is 9.47 Å². The van der Waals surface area contributed by atoms with Crippen molar-refractivity contribution in [1.29, 1.82) is 0 Å². The molecular formula is C18H15BrO4. The molecule has 0 fully saturated rings. The quantitative estimate of drug-likeness (QED) is 0.437. The van der Waals surface area contributed by atoms with Gasteiger partial charge in [-0.1, -0.05) is 40.2 Å². The van der Waals surface area contributed by atoms with Gasteiger partial charge in [-0.25, -0.2) is 4.79 Å². The SMILES string of the molecule is COc1ccc(C=CC(=O)OCC(=O)c2ccc(Br)cc2)cc1. The Morgan fingerprint density at radius 1 is 1.04 bits per heavy atom. The minimum atomic E-state index is -0.564. The normalized spacial score (nSPS) is 10.5. The van der Waals surface area contributed by atoms with Gasteiger partial charge in [0, 0.05) is 16.1 Å². The average Bonchev–Trinajstić information content (AvgIpc) is 2.59. The first-order chi connectivity index (χ1) is 11.1. The van der Waals surface area contributed by atoms with E-state index in [1.807, 2.05) is 12.1 Å². The summed E-state index contributed by atoms with van der Waals surface area (Å²) in [5.41, 5.74) is 1.34. The average molecular weight is 375 g/mol. The van der Waals surface area contributed by atoms with Gasteiger partial charge in [-0.05, 0) is 35.9 Å². The Morgan fingerprint density at radius 2 is 1.70 bits per heavy atom. The molecule has 2 aromatic rings. The van der Waals surface area contributed by atoms with Gasteiger partial charge in [0.1, 0.15) is 5.75 Å². The fraction of sp³-hybridized carbons (Fsp3) is 0.111. The number of carbonyl (C=O) groups excluding carboxylic acids is 2. The molecule has 5 heteroatoms. The van der Waals surface area contributed by atoms with Crippen LogP contribution in [-0.2, 0) is 9.53 Å². The molecule has 0 radical (unpaired) electrons. The van der Waals surface area contributed by atoms with Gasteiger partial charge in [0.15, 0.2) is 12.4 Å². The van der Waals surface area contributed by atoms with Gasteiger partial charge in [-0.15, -0.1) is 0 Å². The third kappa shape index (κ3) is 5.38. The van der Waals surface area contributed by atoms with Crippen LogP contribution in [0.5, 0.6) is 5.75 Å². The molecule has 0 aliphatic heterocycles. The number of ether oxygens (including phenoxy) is 2. The highest BCUT2D eigenvalue weighted by Gasteiger charge is 2.08. The standard InChI is InChI=1S/C18H15BrO4/c1-22-16-9-2-13(3-10-16)4-11-18(21)23-12-17(20)14-5-7-15(19)8-6-14/h2-11H,12H2,1H3. The number of ketones is 1. The van der Waals surface area contributed by atoms with E-state index in [9.17, 15) is 9.59 Å². The lowest BCUT2D eigenvalue weighted by Gasteiger charge is -2.02. The van der Waals surface area contributed by atoms with Crippen molar-refractivity contribution in [3.05, 3.63) is 70.2 Å². The first-order valence-electron chi connectivity index (χ1n) is 6.86. The fourth-order valence-electron chi connectivity index (χ4n) is 1.78. The third-order valence-corrected chi connectivity index (χ3v) is 3.57. The number of rotatable bonds is 6. The Labute approximate surface area is 142 Å². The number of Topliss-reactive ketones (excluding diaryl/α,β-unsaturated/α-hetero) is 1. The molecule has 0 bridgehead atoms. The summed E-state index contributed by atoms with van der Waals surface area (Å²) in [5, 5.41) is 0. The highest BCUT2D eigenvalue weighted by Crippen LogP contribution is 2.13. The Bertz CT molecular complexity index is 703. The number of hydrogen-bond acceptors (Lipinski definition) is 4. The molecule has 0 aliphatic rings. The van der Waals surface area contributed by atoms with Crippen molar-refractivity contribution in [3.8, 4) is 5.75 Å². The molecule has 0 saturated heterocycles. The van der Waals surface area contributed by atoms with E-state index in [1.54, 1.807) is 49.6 Å². The monoisotopic (exact) mass is 374 g/mol. The predicted octanol–water partition coefficient (Wildman–Crippen LogP) is 3.90. The van der Waals surface area contributed by atoms with Gasteiger partial charge in [-0.3, -0.25) is 4.79 Å². The molecule has 0 aromatic heterocycles.